The summed E-state index contributed by atoms with van der Waals surface area (Å²) in [4.78, 5) is 14.1. The molecule has 0 atom stereocenters. The average Bonchev–Trinajstić information content (AvgIpc) is 2.20. The molecule has 0 unspecified atom stereocenters. The van der Waals surface area contributed by atoms with Crippen LogP contribution in [0.4, 0.5) is 0 Å². The first-order chi connectivity index (χ1) is 6.70. The first-order valence-corrected chi connectivity index (χ1v) is 4.11. The largest absolute Gasteiger partial charge is 0.507 e. The van der Waals surface area contributed by atoms with Crippen LogP contribution in [0.15, 0.2) is 23.3 Å². The minimum absolute atomic E-state index is 0.0196. The number of aromatic hydroxyl groups is 1. The molecule has 0 aliphatic heterocycles. The standard InChI is InChI=1S/C11H11NO2/c1-8-9(5-6-12-2)3-4-10(7-13)11(8)14/h3-7,14H,2H2,1H3/b6-5-. The summed E-state index contributed by atoms with van der Waals surface area (Å²) < 4.78 is 0. The van der Waals surface area contributed by atoms with Gasteiger partial charge in [0.2, 0.25) is 0 Å². The smallest absolute Gasteiger partial charge is 0.153 e. The molecular formula is C11H11NO2. The van der Waals surface area contributed by atoms with Gasteiger partial charge >= 0.3 is 0 Å². The van der Waals surface area contributed by atoms with Crippen molar-refractivity contribution in [1.82, 2.24) is 0 Å². The van der Waals surface area contributed by atoms with E-state index >= 15 is 0 Å². The third-order valence-electron chi connectivity index (χ3n) is 1.99. The number of rotatable bonds is 3. The van der Waals surface area contributed by atoms with Crippen molar-refractivity contribution in [1.29, 1.82) is 0 Å². The van der Waals surface area contributed by atoms with Crippen molar-refractivity contribution in [3.63, 3.8) is 0 Å². The van der Waals surface area contributed by atoms with Crippen molar-refractivity contribution in [2.45, 2.75) is 6.92 Å². The number of hydrogen-bond acceptors (Lipinski definition) is 3. The Morgan fingerprint density at radius 1 is 1.43 bits per heavy atom. The highest BCUT2D eigenvalue weighted by Gasteiger charge is 2.05. The van der Waals surface area contributed by atoms with Crippen molar-refractivity contribution in [3.8, 4) is 5.75 Å². The number of benzene rings is 1. The molecule has 0 aliphatic carbocycles. The second-order valence-corrected chi connectivity index (χ2v) is 2.83. The quantitative estimate of drug-likeness (QED) is 0.585. The van der Waals surface area contributed by atoms with E-state index in [-0.39, 0.29) is 5.75 Å². The minimum Gasteiger partial charge on any atom is -0.507 e. The Bertz CT molecular complexity index is 395. The SMILES string of the molecule is C=N/C=C\c1ccc(C=O)c(O)c1C. The maximum Gasteiger partial charge on any atom is 0.153 e. The Balaban J connectivity index is 3.23. The van der Waals surface area contributed by atoms with Crippen LogP contribution in [-0.4, -0.2) is 18.1 Å². The van der Waals surface area contributed by atoms with Crippen LogP contribution in [0.1, 0.15) is 21.5 Å². The van der Waals surface area contributed by atoms with E-state index in [0.29, 0.717) is 17.4 Å². The number of phenols is 1. The van der Waals surface area contributed by atoms with Crippen molar-refractivity contribution < 1.29 is 9.90 Å². The lowest BCUT2D eigenvalue weighted by Gasteiger charge is -2.04. The molecule has 0 saturated heterocycles. The predicted octanol–water partition coefficient (Wildman–Crippen LogP) is 2.18. The van der Waals surface area contributed by atoms with E-state index < -0.39 is 0 Å². The van der Waals surface area contributed by atoms with Gasteiger partial charge in [-0.25, -0.2) is 0 Å². The summed E-state index contributed by atoms with van der Waals surface area (Å²) in [5, 5.41) is 9.57. The van der Waals surface area contributed by atoms with Crippen molar-refractivity contribution in [3.05, 3.63) is 35.0 Å². The van der Waals surface area contributed by atoms with Gasteiger partial charge in [-0.3, -0.25) is 9.79 Å². The molecular weight excluding hydrogens is 178 g/mol. The molecule has 1 aromatic carbocycles. The Morgan fingerprint density at radius 3 is 2.64 bits per heavy atom. The van der Waals surface area contributed by atoms with E-state index in [1.165, 1.54) is 6.20 Å². The molecule has 1 N–H and O–H groups in total. The number of carbonyl (C=O) groups is 1. The molecule has 0 heterocycles. The third kappa shape index (κ3) is 1.88. The van der Waals surface area contributed by atoms with E-state index in [9.17, 15) is 9.90 Å². The topological polar surface area (TPSA) is 49.7 Å². The summed E-state index contributed by atoms with van der Waals surface area (Å²) in [6, 6.07) is 3.32. The molecule has 0 saturated carbocycles. The van der Waals surface area contributed by atoms with Crippen LogP contribution in [0.3, 0.4) is 0 Å². The second-order valence-electron chi connectivity index (χ2n) is 2.83. The number of aliphatic imine (C=N–C) groups is 1. The van der Waals surface area contributed by atoms with Gasteiger partial charge in [0.15, 0.2) is 6.29 Å². The van der Waals surface area contributed by atoms with Gasteiger partial charge < -0.3 is 5.11 Å². The zero-order chi connectivity index (χ0) is 10.6. The fraction of sp³-hybridized carbons (Fsp3) is 0.0909. The second kappa shape index (κ2) is 4.37. The van der Waals surface area contributed by atoms with Crippen LogP contribution in [0.2, 0.25) is 0 Å². The lowest BCUT2D eigenvalue weighted by Crippen LogP contribution is -1.87. The van der Waals surface area contributed by atoms with Crippen LogP contribution in [0.5, 0.6) is 5.75 Å². The summed E-state index contributed by atoms with van der Waals surface area (Å²) in [5.74, 6) is 0.0196. The molecule has 0 spiro atoms. The molecule has 0 aliphatic rings. The fourth-order valence-electron chi connectivity index (χ4n) is 1.15. The third-order valence-corrected chi connectivity index (χ3v) is 1.99. The minimum atomic E-state index is 0.0196. The van der Waals surface area contributed by atoms with Gasteiger partial charge in [0, 0.05) is 6.20 Å². The van der Waals surface area contributed by atoms with Gasteiger partial charge in [0.05, 0.1) is 5.56 Å². The maximum atomic E-state index is 10.5. The molecule has 72 valence electrons. The molecule has 1 aromatic rings. The van der Waals surface area contributed by atoms with E-state index in [1.54, 1.807) is 25.1 Å². The highest BCUT2D eigenvalue weighted by molar-refractivity contribution is 5.81. The summed E-state index contributed by atoms with van der Waals surface area (Å²) >= 11 is 0. The molecule has 0 bridgehead atoms. The molecule has 14 heavy (non-hydrogen) atoms. The molecule has 0 amide bonds. The van der Waals surface area contributed by atoms with E-state index in [2.05, 4.69) is 11.7 Å². The molecule has 0 radical (unpaired) electrons. The summed E-state index contributed by atoms with van der Waals surface area (Å²) in [7, 11) is 0. The zero-order valence-corrected chi connectivity index (χ0v) is 7.90. The van der Waals surface area contributed by atoms with Crippen LogP contribution in [-0.2, 0) is 0 Å². The predicted molar refractivity (Wildman–Crippen MR) is 56.8 cm³/mol. The van der Waals surface area contributed by atoms with Crippen molar-refractivity contribution in [2.75, 3.05) is 0 Å². The van der Waals surface area contributed by atoms with E-state index in [0.717, 1.165) is 5.56 Å². The highest BCUT2D eigenvalue weighted by Crippen LogP contribution is 2.24. The summed E-state index contributed by atoms with van der Waals surface area (Å²) in [5.41, 5.74) is 1.78. The molecule has 1 rings (SSSR count). The Hall–Kier alpha value is -1.90. The van der Waals surface area contributed by atoms with Gasteiger partial charge in [-0.05, 0) is 36.9 Å². The average molecular weight is 189 g/mol. The van der Waals surface area contributed by atoms with Crippen LogP contribution in [0, 0.1) is 6.92 Å². The lowest BCUT2D eigenvalue weighted by molar-refractivity contribution is 0.112. The lowest BCUT2D eigenvalue weighted by atomic mass is 10.0. The zero-order valence-electron chi connectivity index (χ0n) is 7.90. The number of carbonyl (C=O) groups excluding carboxylic acids is 1. The van der Waals surface area contributed by atoms with Crippen LogP contribution >= 0.6 is 0 Å². The highest BCUT2D eigenvalue weighted by atomic mass is 16.3. The molecule has 3 heteroatoms. The maximum absolute atomic E-state index is 10.5. The Labute approximate surface area is 82.4 Å². The van der Waals surface area contributed by atoms with Crippen molar-refractivity contribution >= 4 is 19.1 Å². The van der Waals surface area contributed by atoms with Crippen LogP contribution < -0.4 is 0 Å². The number of nitrogens with zero attached hydrogens (tertiary/aromatic N) is 1. The molecule has 0 fully saturated rings. The Morgan fingerprint density at radius 2 is 2.07 bits per heavy atom. The Kier molecular flexibility index (Phi) is 3.18. The van der Waals surface area contributed by atoms with E-state index in [1.807, 2.05) is 0 Å². The monoisotopic (exact) mass is 189 g/mol. The van der Waals surface area contributed by atoms with Crippen LogP contribution in [0.25, 0.3) is 6.08 Å². The van der Waals surface area contributed by atoms with Gasteiger partial charge in [-0.15, -0.1) is 0 Å². The van der Waals surface area contributed by atoms with E-state index in [4.69, 9.17) is 0 Å². The first-order valence-electron chi connectivity index (χ1n) is 4.11. The molecule has 3 nitrogen and oxygen atoms in total. The summed E-state index contributed by atoms with van der Waals surface area (Å²) in [6.45, 7) is 5.05. The number of hydrogen-bond donors (Lipinski definition) is 1. The van der Waals surface area contributed by atoms with Gasteiger partial charge in [-0.2, -0.15) is 0 Å². The fourth-order valence-corrected chi connectivity index (χ4v) is 1.15. The normalized spacial score (nSPS) is 10.4. The first kappa shape index (κ1) is 10.2. The number of aldehydes is 1. The van der Waals surface area contributed by atoms with Crippen molar-refractivity contribution in [2.24, 2.45) is 4.99 Å². The van der Waals surface area contributed by atoms with Gasteiger partial charge in [0.25, 0.3) is 0 Å². The van der Waals surface area contributed by atoms with Gasteiger partial charge in [-0.1, -0.05) is 6.07 Å². The number of phenolic OH excluding ortho intramolecular Hbond substituents is 1. The summed E-state index contributed by atoms with van der Waals surface area (Å²) in [6.07, 6.45) is 3.88. The van der Waals surface area contributed by atoms with Gasteiger partial charge in [0.1, 0.15) is 5.75 Å². The molecule has 0 aromatic heterocycles.